The van der Waals surface area contributed by atoms with Gasteiger partial charge in [-0.15, -0.1) is 0 Å². The second kappa shape index (κ2) is 5.37. The highest BCUT2D eigenvalue weighted by Crippen LogP contribution is 2.28. The molecule has 4 nitrogen and oxygen atoms in total. The number of Topliss-reactive ketones (excluding diaryl/α,β-unsaturated/α-hetero) is 1. The van der Waals surface area contributed by atoms with Gasteiger partial charge in [-0.1, -0.05) is 19.1 Å². The standard InChI is InChI=1S/C16H19NO3/c1-2-14-12(6-8-20-14)15(18)11-4-3-10-5-7-17-16(19)13(10)9-11/h3-4,9,12,14H,2,5-8H2,1H3,(H,17,19). The Labute approximate surface area is 118 Å². The molecule has 20 heavy (non-hydrogen) atoms. The van der Waals surface area contributed by atoms with Crippen LogP contribution in [0.15, 0.2) is 18.2 Å². The molecule has 1 saturated heterocycles. The molecule has 4 heteroatoms. The minimum Gasteiger partial charge on any atom is -0.377 e. The summed E-state index contributed by atoms with van der Waals surface area (Å²) in [6.07, 6.45) is 2.48. The van der Waals surface area contributed by atoms with Crippen LogP contribution in [0.4, 0.5) is 0 Å². The summed E-state index contributed by atoms with van der Waals surface area (Å²) in [4.78, 5) is 24.5. The van der Waals surface area contributed by atoms with Crippen molar-refractivity contribution in [2.45, 2.75) is 32.3 Å². The fraction of sp³-hybridized carbons (Fsp3) is 0.500. The summed E-state index contributed by atoms with van der Waals surface area (Å²) >= 11 is 0. The first-order chi connectivity index (χ1) is 9.70. The maximum Gasteiger partial charge on any atom is 0.251 e. The Hall–Kier alpha value is -1.68. The summed E-state index contributed by atoms with van der Waals surface area (Å²) in [5.41, 5.74) is 2.31. The Bertz CT molecular complexity index is 553. The molecular weight excluding hydrogens is 254 g/mol. The zero-order valence-corrected chi connectivity index (χ0v) is 11.6. The SMILES string of the molecule is CCC1OCCC1C(=O)c1ccc2c(c1)C(=O)NCC2. The highest BCUT2D eigenvalue weighted by atomic mass is 16.5. The number of amides is 1. The van der Waals surface area contributed by atoms with Gasteiger partial charge in [-0.2, -0.15) is 0 Å². The van der Waals surface area contributed by atoms with Crippen LogP contribution in [0.5, 0.6) is 0 Å². The van der Waals surface area contributed by atoms with Crippen molar-refractivity contribution in [2.24, 2.45) is 5.92 Å². The van der Waals surface area contributed by atoms with E-state index in [4.69, 9.17) is 4.74 Å². The first-order valence-corrected chi connectivity index (χ1v) is 7.27. The number of ether oxygens (including phenoxy) is 1. The lowest BCUT2D eigenvalue weighted by Crippen LogP contribution is -2.32. The molecule has 2 atom stereocenters. The van der Waals surface area contributed by atoms with Crippen LogP contribution in [0.25, 0.3) is 0 Å². The Morgan fingerprint density at radius 3 is 3.10 bits per heavy atom. The highest BCUT2D eigenvalue weighted by Gasteiger charge is 2.33. The van der Waals surface area contributed by atoms with E-state index < -0.39 is 0 Å². The normalized spacial score (nSPS) is 25.1. The van der Waals surface area contributed by atoms with Crippen LogP contribution in [-0.4, -0.2) is 30.9 Å². The molecule has 0 radical (unpaired) electrons. The van der Waals surface area contributed by atoms with Crippen LogP contribution in [0, 0.1) is 5.92 Å². The van der Waals surface area contributed by atoms with Crippen LogP contribution in [0.3, 0.4) is 0 Å². The summed E-state index contributed by atoms with van der Waals surface area (Å²) in [5, 5.41) is 2.82. The first-order valence-electron chi connectivity index (χ1n) is 7.27. The molecule has 1 amide bonds. The second-order valence-electron chi connectivity index (χ2n) is 5.45. The van der Waals surface area contributed by atoms with E-state index in [1.165, 1.54) is 0 Å². The summed E-state index contributed by atoms with van der Waals surface area (Å²) in [7, 11) is 0. The van der Waals surface area contributed by atoms with Gasteiger partial charge in [0.1, 0.15) is 0 Å². The van der Waals surface area contributed by atoms with Crippen LogP contribution < -0.4 is 5.32 Å². The Morgan fingerprint density at radius 1 is 1.45 bits per heavy atom. The number of hydrogen-bond donors (Lipinski definition) is 1. The summed E-state index contributed by atoms with van der Waals surface area (Å²) in [5.74, 6) is -0.0316. The van der Waals surface area contributed by atoms with Gasteiger partial charge >= 0.3 is 0 Å². The monoisotopic (exact) mass is 273 g/mol. The van der Waals surface area contributed by atoms with Crippen molar-refractivity contribution in [3.05, 3.63) is 34.9 Å². The van der Waals surface area contributed by atoms with Gasteiger partial charge in [-0.05, 0) is 30.9 Å². The van der Waals surface area contributed by atoms with Crippen molar-refractivity contribution in [2.75, 3.05) is 13.2 Å². The molecule has 1 fully saturated rings. The highest BCUT2D eigenvalue weighted by molar-refractivity contribution is 6.03. The molecule has 0 spiro atoms. The van der Waals surface area contributed by atoms with Gasteiger partial charge in [0.05, 0.1) is 12.0 Å². The van der Waals surface area contributed by atoms with Gasteiger partial charge in [0.2, 0.25) is 0 Å². The zero-order valence-electron chi connectivity index (χ0n) is 11.6. The zero-order chi connectivity index (χ0) is 14.1. The molecule has 0 bridgehead atoms. The van der Waals surface area contributed by atoms with Crippen molar-refractivity contribution in [1.82, 2.24) is 5.32 Å². The molecule has 0 aromatic heterocycles. The van der Waals surface area contributed by atoms with E-state index in [0.29, 0.717) is 24.3 Å². The second-order valence-corrected chi connectivity index (χ2v) is 5.45. The lowest BCUT2D eigenvalue weighted by atomic mass is 9.88. The fourth-order valence-corrected chi connectivity index (χ4v) is 3.13. The Morgan fingerprint density at radius 2 is 2.30 bits per heavy atom. The summed E-state index contributed by atoms with van der Waals surface area (Å²) in [6, 6.07) is 5.51. The molecule has 1 N–H and O–H groups in total. The number of nitrogens with one attached hydrogen (secondary N) is 1. The summed E-state index contributed by atoms with van der Waals surface area (Å²) < 4.78 is 5.59. The Balaban J connectivity index is 1.89. The van der Waals surface area contributed by atoms with Crippen molar-refractivity contribution in [1.29, 1.82) is 0 Å². The molecular formula is C16H19NO3. The molecule has 1 aromatic rings. The topological polar surface area (TPSA) is 55.4 Å². The van der Waals surface area contributed by atoms with E-state index in [0.717, 1.165) is 24.8 Å². The van der Waals surface area contributed by atoms with E-state index in [1.54, 1.807) is 6.07 Å². The molecule has 2 aliphatic heterocycles. The first kappa shape index (κ1) is 13.3. The maximum atomic E-state index is 12.6. The lowest BCUT2D eigenvalue weighted by molar-refractivity contribution is 0.0689. The number of hydrogen-bond acceptors (Lipinski definition) is 3. The number of benzene rings is 1. The van der Waals surface area contributed by atoms with E-state index in [-0.39, 0.29) is 23.7 Å². The van der Waals surface area contributed by atoms with Gasteiger partial charge in [-0.3, -0.25) is 9.59 Å². The minimum atomic E-state index is -0.0735. The number of fused-ring (bicyclic) bond motifs is 1. The van der Waals surface area contributed by atoms with Crippen LogP contribution in [0.1, 0.15) is 46.0 Å². The van der Waals surface area contributed by atoms with Gasteiger partial charge in [0.25, 0.3) is 5.91 Å². The number of ketones is 1. The van der Waals surface area contributed by atoms with Gasteiger partial charge in [0, 0.05) is 24.3 Å². The van der Waals surface area contributed by atoms with Crippen molar-refractivity contribution < 1.29 is 14.3 Å². The van der Waals surface area contributed by atoms with Crippen molar-refractivity contribution >= 4 is 11.7 Å². The predicted octanol–water partition coefficient (Wildman–Crippen LogP) is 1.97. The van der Waals surface area contributed by atoms with E-state index in [2.05, 4.69) is 5.32 Å². The van der Waals surface area contributed by atoms with Crippen LogP contribution in [0.2, 0.25) is 0 Å². The number of carbonyl (C=O) groups is 2. The number of rotatable bonds is 3. The van der Waals surface area contributed by atoms with E-state index in [9.17, 15) is 9.59 Å². The average Bonchev–Trinajstić information content (AvgIpc) is 2.95. The van der Waals surface area contributed by atoms with E-state index >= 15 is 0 Å². The fourth-order valence-electron chi connectivity index (χ4n) is 3.13. The smallest absolute Gasteiger partial charge is 0.251 e. The predicted molar refractivity (Wildman–Crippen MR) is 74.9 cm³/mol. The molecule has 1 aromatic carbocycles. The van der Waals surface area contributed by atoms with Gasteiger partial charge in [0.15, 0.2) is 5.78 Å². The molecule has 2 heterocycles. The number of carbonyl (C=O) groups excluding carboxylic acids is 2. The van der Waals surface area contributed by atoms with E-state index in [1.807, 2.05) is 19.1 Å². The van der Waals surface area contributed by atoms with Crippen LogP contribution in [-0.2, 0) is 11.2 Å². The van der Waals surface area contributed by atoms with Crippen molar-refractivity contribution in [3.63, 3.8) is 0 Å². The van der Waals surface area contributed by atoms with Gasteiger partial charge in [-0.25, -0.2) is 0 Å². The van der Waals surface area contributed by atoms with Crippen LogP contribution >= 0.6 is 0 Å². The molecule has 3 rings (SSSR count). The quantitative estimate of drug-likeness (QED) is 0.857. The average molecular weight is 273 g/mol. The summed E-state index contributed by atoms with van der Waals surface area (Å²) in [6.45, 7) is 3.37. The third kappa shape index (κ3) is 2.24. The largest absolute Gasteiger partial charge is 0.377 e. The van der Waals surface area contributed by atoms with Gasteiger partial charge < -0.3 is 10.1 Å². The third-order valence-electron chi connectivity index (χ3n) is 4.27. The maximum absolute atomic E-state index is 12.6. The molecule has 106 valence electrons. The Kier molecular flexibility index (Phi) is 3.57. The molecule has 2 unspecified atom stereocenters. The lowest BCUT2D eigenvalue weighted by Gasteiger charge is -2.19. The molecule has 0 aliphatic carbocycles. The molecule has 2 aliphatic rings. The minimum absolute atomic E-state index is 0.0207. The van der Waals surface area contributed by atoms with Crippen molar-refractivity contribution in [3.8, 4) is 0 Å². The molecule has 0 saturated carbocycles. The third-order valence-corrected chi connectivity index (χ3v) is 4.27.